The van der Waals surface area contributed by atoms with E-state index in [1.165, 1.54) is 0 Å². The van der Waals surface area contributed by atoms with Gasteiger partial charge in [-0.15, -0.1) is 5.10 Å². The van der Waals surface area contributed by atoms with Gasteiger partial charge in [0.1, 0.15) is 11.3 Å². The summed E-state index contributed by atoms with van der Waals surface area (Å²) in [5.41, 5.74) is 4.59. The van der Waals surface area contributed by atoms with Crippen LogP contribution in [0, 0.1) is 10.9 Å². The molecular formula is C8H5N6O4+. The molecule has 0 atom stereocenters. The van der Waals surface area contributed by atoms with Gasteiger partial charge < -0.3 is 10.2 Å². The van der Waals surface area contributed by atoms with E-state index in [4.69, 9.17) is 21.1 Å². The summed E-state index contributed by atoms with van der Waals surface area (Å²) in [5.74, 6) is -3.08. The Balaban J connectivity index is 3.59. The van der Waals surface area contributed by atoms with E-state index in [0.717, 1.165) is 12.2 Å². The summed E-state index contributed by atoms with van der Waals surface area (Å²) >= 11 is 0. The third kappa shape index (κ3) is 2.30. The first-order chi connectivity index (χ1) is 8.52. The molecule has 90 valence electrons. The van der Waals surface area contributed by atoms with E-state index in [2.05, 4.69) is 20.5 Å². The lowest BCUT2D eigenvalue weighted by Crippen LogP contribution is -2.26. The van der Waals surface area contributed by atoms with Crippen molar-refractivity contribution in [3.8, 4) is 0 Å². The van der Waals surface area contributed by atoms with Gasteiger partial charge in [-0.05, 0) is 12.2 Å². The zero-order chi connectivity index (χ0) is 13.7. The van der Waals surface area contributed by atoms with E-state index in [0.29, 0.717) is 0 Å². The first kappa shape index (κ1) is 12.8. The van der Waals surface area contributed by atoms with Crippen molar-refractivity contribution in [2.24, 2.45) is 15.4 Å². The maximum absolute atomic E-state index is 11.0. The number of carbonyl (C=O) groups is 2. The average Bonchev–Trinajstić information content (AvgIpc) is 2.30. The molecule has 0 bridgehead atoms. The zero-order valence-corrected chi connectivity index (χ0v) is 8.60. The number of rotatable bonds is 3. The van der Waals surface area contributed by atoms with Crippen molar-refractivity contribution in [2.45, 2.75) is 0 Å². The smallest absolute Gasteiger partial charge is 0.339 e. The first-order valence-corrected chi connectivity index (χ1v) is 4.29. The summed E-state index contributed by atoms with van der Waals surface area (Å²) in [6, 6.07) is 0. The summed E-state index contributed by atoms with van der Waals surface area (Å²) in [6.07, 6.45) is 2.07. The molecule has 0 aromatic rings. The van der Waals surface area contributed by atoms with Gasteiger partial charge in [0.15, 0.2) is 10.8 Å². The lowest BCUT2D eigenvalue weighted by molar-refractivity contribution is -0.135. The molecule has 10 heteroatoms. The van der Waals surface area contributed by atoms with E-state index in [-0.39, 0.29) is 5.71 Å². The van der Waals surface area contributed by atoms with E-state index in [1.54, 1.807) is 0 Å². The fraction of sp³-hybridized carbons (Fsp3) is 0. The van der Waals surface area contributed by atoms with Crippen LogP contribution in [-0.2, 0) is 9.59 Å². The van der Waals surface area contributed by atoms with Gasteiger partial charge in [0.05, 0.1) is 5.57 Å². The van der Waals surface area contributed by atoms with E-state index < -0.39 is 28.8 Å². The molecule has 1 aliphatic carbocycles. The molecule has 0 heterocycles. The maximum Gasteiger partial charge on any atom is 0.339 e. The largest absolute Gasteiger partial charge is 0.478 e. The van der Waals surface area contributed by atoms with Crippen LogP contribution in [0.4, 0.5) is 0 Å². The first-order valence-electron chi connectivity index (χ1n) is 4.29. The van der Waals surface area contributed by atoms with Crippen molar-refractivity contribution >= 4 is 23.4 Å². The van der Waals surface area contributed by atoms with Crippen LogP contribution < -0.4 is 0 Å². The van der Waals surface area contributed by atoms with Gasteiger partial charge in [-0.1, -0.05) is 5.22 Å². The second-order valence-electron chi connectivity index (χ2n) is 2.86. The average molecular weight is 249 g/mol. The molecule has 0 aromatic carbocycles. The number of allylic oxidation sites excluding steroid dienone is 1. The molecule has 1 rings (SSSR count). The van der Waals surface area contributed by atoms with Gasteiger partial charge >= 0.3 is 17.0 Å². The second-order valence-corrected chi connectivity index (χ2v) is 2.86. The number of hydrogen-bond donors (Lipinski definition) is 3. The van der Waals surface area contributed by atoms with Gasteiger partial charge in [-0.3, -0.25) is 0 Å². The van der Waals surface area contributed by atoms with Crippen molar-refractivity contribution in [2.75, 3.05) is 0 Å². The van der Waals surface area contributed by atoms with E-state index in [9.17, 15) is 9.59 Å². The zero-order valence-electron chi connectivity index (χ0n) is 8.60. The SMILES string of the molecule is N#[N+]N=C1C(=NN=N)C=CC(C(=O)O)=C1C(=O)O. The molecule has 10 nitrogen and oxygen atoms in total. The Hall–Kier alpha value is -3.22. The summed E-state index contributed by atoms with van der Waals surface area (Å²) in [7, 11) is 0. The minimum absolute atomic E-state index is 0.204. The Labute approximate surface area is 98.7 Å². The molecule has 0 unspecified atom stereocenters. The van der Waals surface area contributed by atoms with E-state index in [1.807, 2.05) is 0 Å². The van der Waals surface area contributed by atoms with Crippen LogP contribution >= 0.6 is 0 Å². The summed E-state index contributed by atoms with van der Waals surface area (Å²) in [4.78, 5) is 21.9. The molecule has 3 N–H and O–H groups in total. The Morgan fingerprint density at radius 3 is 2.39 bits per heavy atom. The molecule has 0 saturated carbocycles. The van der Waals surface area contributed by atoms with Gasteiger partial charge in [0.2, 0.25) is 0 Å². The maximum atomic E-state index is 11.0. The van der Waals surface area contributed by atoms with Gasteiger partial charge in [0, 0.05) is 0 Å². The topological polar surface area (TPSA) is 164 Å². The third-order valence-corrected chi connectivity index (χ3v) is 1.90. The third-order valence-electron chi connectivity index (χ3n) is 1.90. The predicted octanol–water partition coefficient (Wildman–Crippen LogP) is 0.618. The number of nitrogens with zero attached hydrogens (tertiary/aromatic N) is 5. The number of hydrogen-bond acceptors (Lipinski definition) is 6. The Morgan fingerprint density at radius 2 is 1.94 bits per heavy atom. The predicted molar refractivity (Wildman–Crippen MR) is 56.5 cm³/mol. The highest BCUT2D eigenvalue weighted by Crippen LogP contribution is 2.17. The van der Waals surface area contributed by atoms with Crippen LogP contribution in [0.1, 0.15) is 0 Å². The normalized spacial score (nSPS) is 18.8. The van der Waals surface area contributed by atoms with Crippen LogP contribution in [0.5, 0.6) is 0 Å². The van der Waals surface area contributed by atoms with Crippen molar-refractivity contribution in [1.29, 1.82) is 10.9 Å². The van der Waals surface area contributed by atoms with Crippen LogP contribution in [0.3, 0.4) is 0 Å². The summed E-state index contributed by atoms with van der Waals surface area (Å²) in [6.45, 7) is 0. The lowest BCUT2D eigenvalue weighted by atomic mass is 9.94. The number of diazo groups is 1. The van der Waals surface area contributed by atoms with Crippen molar-refractivity contribution in [3.05, 3.63) is 28.4 Å². The molecule has 0 fully saturated rings. The fourth-order valence-electron chi connectivity index (χ4n) is 1.26. The second kappa shape index (κ2) is 5.21. The van der Waals surface area contributed by atoms with Crippen molar-refractivity contribution in [3.63, 3.8) is 0 Å². The highest BCUT2D eigenvalue weighted by Gasteiger charge is 2.32. The van der Waals surface area contributed by atoms with E-state index >= 15 is 0 Å². The number of aliphatic carboxylic acids is 2. The molecule has 0 aliphatic heterocycles. The summed E-state index contributed by atoms with van der Waals surface area (Å²) < 4.78 is 0. The molecule has 0 amide bonds. The van der Waals surface area contributed by atoms with Gasteiger partial charge in [-0.2, -0.15) is 5.53 Å². The quantitative estimate of drug-likeness (QED) is 0.288. The molecule has 0 spiro atoms. The minimum atomic E-state index is -1.59. The van der Waals surface area contributed by atoms with Crippen LogP contribution in [-0.4, -0.2) is 33.6 Å². The van der Waals surface area contributed by atoms with Crippen molar-refractivity contribution < 1.29 is 19.8 Å². The van der Waals surface area contributed by atoms with Crippen LogP contribution in [0.15, 0.2) is 38.7 Å². The Morgan fingerprint density at radius 1 is 1.28 bits per heavy atom. The monoisotopic (exact) mass is 249 g/mol. The molecule has 0 aromatic heterocycles. The highest BCUT2D eigenvalue weighted by molar-refractivity contribution is 6.58. The lowest BCUT2D eigenvalue weighted by Gasteiger charge is -2.09. The number of nitrogens with one attached hydrogen (secondary N) is 1. The molecule has 18 heavy (non-hydrogen) atoms. The standard InChI is InChI=1S/C8H4N6O4/c9-13-11-4-2-1-3(7(15)16)5(8(17)18)6(4)12-14-10/h1-2,9H,(H-,15,16,17,18)/p+1. The fourth-order valence-corrected chi connectivity index (χ4v) is 1.26. The van der Waals surface area contributed by atoms with Crippen LogP contribution in [0.2, 0.25) is 0 Å². The van der Waals surface area contributed by atoms with Gasteiger partial charge in [-0.25, -0.2) is 9.59 Å². The highest BCUT2D eigenvalue weighted by atomic mass is 16.4. The van der Waals surface area contributed by atoms with Gasteiger partial charge in [0.25, 0.3) is 5.39 Å². The Kier molecular flexibility index (Phi) is 3.72. The molecule has 1 aliphatic rings. The van der Waals surface area contributed by atoms with Crippen molar-refractivity contribution in [1.82, 2.24) is 0 Å². The molecule has 0 radical (unpaired) electrons. The Bertz CT molecular complexity index is 591. The van der Waals surface area contributed by atoms with Crippen LogP contribution in [0.25, 0.3) is 5.08 Å². The number of carboxylic acids is 2. The number of carboxylic acid groups (broad SMARTS) is 2. The minimum Gasteiger partial charge on any atom is -0.478 e. The molecular weight excluding hydrogens is 244 g/mol. The summed E-state index contributed by atoms with van der Waals surface area (Å²) in [5, 5.41) is 37.5. The molecule has 0 saturated heterocycles.